The summed E-state index contributed by atoms with van der Waals surface area (Å²) in [5, 5.41) is 0. The lowest BCUT2D eigenvalue weighted by Crippen LogP contribution is -2.56. The summed E-state index contributed by atoms with van der Waals surface area (Å²) in [5.74, 6) is 0.396. The summed E-state index contributed by atoms with van der Waals surface area (Å²) in [5.41, 5.74) is 1.44. The summed E-state index contributed by atoms with van der Waals surface area (Å²) >= 11 is 0. The van der Waals surface area contributed by atoms with Gasteiger partial charge >= 0.3 is 6.03 Å². The average molecular weight is 279 g/mol. The molecule has 0 bridgehead atoms. The molecule has 114 valence electrons. The van der Waals surface area contributed by atoms with Crippen molar-refractivity contribution >= 4 is 6.03 Å². The lowest BCUT2D eigenvalue weighted by Gasteiger charge is -2.46. The first kappa shape index (κ1) is 15.4. The van der Waals surface area contributed by atoms with Crippen molar-refractivity contribution in [1.29, 1.82) is 0 Å². The number of carbonyl (C=O) groups excluding carboxylic acids is 1. The van der Waals surface area contributed by atoms with E-state index in [-0.39, 0.29) is 12.1 Å². The van der Waals surface area contributed by atoms with Gasteiger partial charge in [-0.25, -0.2) is 4.79 Å². The lowest BCUT2D eigenvalue weighted by molar-refractivity contribution is 0.0317. The van der Waals surface area contributed by atoms with Crippen LogP contribution in [0.2, 0.25) is 0 Å². The number of likely N-dealkylation sites (N-methyl/N-ethyl adjacent to an activating group) is 1. The van der Waals surface area contributed by atoms with Gasteiger partial charge in [-0.2, -0.15) is 0 Å². The molecule has 2 rings (SSSR count). The van der Waals surface area contributed by atoms with E-state index in [0.29, 0.717) is 11.3 Å². The summed E-state index contributed by atoms with van der Waals surface area (Å²) in [4.78, 5) is 19.0. The predicted octanol–water partition coefficient (Wildman–Crippen LogP) is 2.28. The van der Waals surface area contributed by atoms with Crippen LogP contribution in [-0.2, 0) is 0 Å². The van der Waals surface area contributed by atoms with Crippen molar-refractivity contribution in [2.45, 2.75) is 33.2 Å². The summed E-state index contributed by atoms with van der Waals surface area (Å²) < 4.78 is 0. The number of amides is 2. The van der Waals surface area contributed by atoms with Crippen LogP contribution in [0.5, 0.6) is 0 Å². The fraction of sp³-hybridized carbons (Fsp3) is 0.812. The molecule has 2 heterocycles. The van der Waals surface area contributed by atoms with Gasteiger partial charge < -0.3 is 14.7 Å². The van der Waals surface area contributed by atoms with Crippen molar-refractivity contribution < 1.29 is 4.79 Å². The summed E-state index contributed by atoms with van der Waals surface area (Å²) in [7, 11) is 4.07. The third kappa shape index (κ3) is 2.71. The Morgan fingerprint density at radius 1 is 1.30 bits per heavy atom. The van der Waals surface area contributed by atoms with Crippen molar-refractivity contribution in [3.05, 3.63) is 12.2 Å². The maximum Gasteiger partial charge on any atom is 0.320 e. The van der Waals surface area contributed by atoms with Crippen LogP contribution in [0.3, 0.4) is 0 Å². The molecule has 1 atom stereocenters. The highest BCUT2D eigenvalue weighted by molar-refractivity contribution is 5.75. The van der Waals surface area contributed by atoms with Gasteiger partial charge in [0.25, 0.3) is 0 Å². The van der Waals surface area contributed by atoms with Crippen LogP contribution in [0, 0.1) is 11.3 Å². The molecule has 4 heteroatoms. The number of hydrogen-bond acceptors (Lipinski definition) is 2. The van der Waals surface area contributed by atoms with Crippen LogP contribution in [0.1, 0.15) is 27.2 Å². The van der Waals surface area contributed by atoms with Crippen LogP contribution in [0.25, 0.3) is 0 Å². The topological polar surface area (TPSA) is 26.8 Å². The molecule has 0 saturated carbocycles. The van der Waals surface area contributed by atoms with E-state index in [0.717, 1.165) is 38.2 Å². The van der Waals surface area contributed by atoms with Crippen molar-refractivity contribution in [1.82, 2.24) is 14.7 Å². The maximum atomic E-state index is 12.7. The van der Waals surface area contributed by atoms with Gasteiger partial charge in [-0.3, -0.25) is 0 Å². The third-order valence-corrected chi connectivity index (χ3v) is 4.77. The number of carbonyl (C=O) groups is 1. The van der Waals surface area contributed by atoms with Crippen molar-refractivity contribution in [2.75, 3.05) is 40.3 Å². The lowest BCUT2D eigenvalue weighted by atomic mass is 9.79. The van der Waals surface area contributed by atoms with E-state index in [4.69, 9.17) is 0 Å². The van der Waals surface area contributed by atoms with Gasteiger partial charge in [0, 0.05) is 38.6 Å². The number of urea groups is 1. The normalized spacial score (nSPS) is 23.0. The first-order valence-electron chi connectivity index (χ1n) is 7.61. The van der Waals surface area contributed by atoms with Gasteiger partial charge in [0.2, 0.25) is 0 Å². The molecule has 0 aliphatic carbocycles. The largest absolute Gasteiger partial charge is 0.324 e. The van der Waals surface area contributed by atoms with E-state index < -0.39 is 0 Å². The molecule has 2 fully saturated rings. The number of hydrogen-bond donors (Lipinski definition) is 0. The van der Waals surface area contributed by atoms with Gasteiger partial charge in [-0.15, -0.1) is 0 Å². The van der Waals surface area contributed by atoms with E-state index in [1.807, 2.05) is 23.8 Å². The first-order chi connectivity index (χ1) is 9.26. The monoisotopic (exact) mass is 279 g/mol. The zero-order valence-electron chi connectivity index (χ0n) is 13.6. The van der Waals surface area contributed by atoms with Gasteiger partial charge in [0.1, 0.15) is 0 Å². The Morgan fingerprint density at radius 3 is 2.35 bits per heavy atom. The molecule has 0 radical (unpaired) electrons. The minimum Gasteiger partial charge on any atom is -0.324 e. The molecule has 2 saturated heterocycles. The molecule has 0 aromatic rings. The quantitative estimate of drug-likeness (QED) is 0.741. The molecular formula is C16H29N3O. The number of rotatable bonds is 3. The van der Waals surface area contributed by atoms with Crippen molar-refractivity contribution in [2.24, 2.45) is 11.3 Å². The highest BCUT2D eigenvalue weighted by Gasteiger charge is 2.47. The highest BCUT2D eigenvalue weighted by atomic mass is 16.2. The molecule has 1 spiro atoms. The molecule has 20 heavy (non-hydrogen) atoms. The number of nitrogens with zero attached hydrogens (tertiary/aromatic N) is 3. The Morgan fingerprint density at radius 2 is 1.90 bits per heavy atom. The van der Waals surface area contributed by atoms with Crippen molar-refractivity contribution in [3.8, 4) is 0 Å². The second-order valence-corrected chi connectivity index (χ2v) is 7.27. The standard InChI is InChI=1S/C16H29N3O/c1-12(2)14(13(3)4)18(6)15(20)19-8-7-16(11-19)9-17(5)10-16/h13-14H,1,7-11H2,2-6H3/t14-/m1/s1. The molecule has 0 unspecified atom stereocenters. The average Bonchev–Trinajstić information content (AvgIpc) is 2.71. The minimum atomic E-state index is 0.128. The smallest absolute Gasteiger partial charge is 0.320 e. The van der Waals surface area contributed by atoms with Crippen LogP contribution in [0.15, 0.2) is 12.2 Å². The van der Waals surface area contributed by atoms with Crippen LogP contribution < -0.4 is 0 Å². The maximum absolute atomic E-state index is 12.7. The zero-order valence-corrected chi connectivity index (χ0v) is 13.6. The number of likely N-dealkylation sites (tertiary alicyclic amines) is 2. The van der Waals surface area contributed by atoms with Crippen LogP contribution in [0.4, 0.5) is 4.79 Å². The Labute approximate surface area is 123 Å². The second-order valence-electron chi connectivity index (χ2n) is 7.27. The molecular weight excluding hydrogens is 250 g/mol. The molecule has 2 aliphatic heterocycles. The van der Waals surface area contributed by atoms with Crippen LogP contribution >= 0.6 is 0 Å². The Balaban J connectivity index is 1.99. The van der Waals surface area contributed by atoms with Crippen LogP contribution in [-0.4, -0.2) is 67.0 Å². The highest BCUT2D eigenvalue weighted by Crippen LogP contribution is 2.39. The Kier molecular flexibility index (Phi) is 4.14. The van der Waals surface area contributed by atoms with Crippen molar-refractivity contribution in [3.63, 3.8) is 0 Å². The van der Waals surface area contributed by atoms with E-state index >= 15 is 0 Å². The molecule has 0 aromatic carbocycles. The van der Waals surface area contributed by atoms with E-state index in [9.17, 15) is 4.79 Å². The molecule has 4 nitrogen and oxygen atoms in total. The van der Waals surface area contributed by atoms with E-state index in [1.165, 1.54) is 0 Å². The molecule has 2 aliphatic rings. The van der Waals surface area contributed by atoms with Gasteiger partial charge in [0.05, 0.1) is 6.04 Å². The molecule has 0 aromatic heterocycles. The van der Waals surface area contributed by atoms with Gasteiger partial charge in [0.15, 0.2) is 0 Å². The predicted molar refractivity (Wildman–Crippen MR) is 82.7 cm³/mol. The van der Waals surface area contributed by atoms with Gasteiger partial charge in [-0.1, -0.05) is 26.0 Å². The van der Waals surface area contributed by atoms with E-state index in [2.05, 4.69) is 32.4 Å². The zero-order chi connectivity index (χ0) is 15.1. The summed E-state index contributed by atoms with van der Waals surface area (Å²) in [6, 6.07) is 0.293. The Bertz CT molecular complexity index is 399. The summed E-state index contributed by atoms with van der Waals surface area (Å²) in [6.45, 7) is 14.5. The summed E-state index contributed by atoms with van der Waals surface area (Å²) in [6.07, 6.45) is 1.15. The Hall–Kier alpha value is -1.03. The fourth-order valence-electron chi connectivity index (χ4n) is 4.14. The molecule has 2 amide bonds. The SMILES string of the molecule is C=C(C)[C@H](C(C)C)N(C)C(=O)N1CCC2(CN(C)C2)C1. The fourth-order valence-corrected chi connectivity index (χ4v) is 4.14. The third-order valence-electron chi connectivity index (χ3n) is 4.77. The van der Waals surface area contributed by atoms with Gasteiger partial charge in [-0.05, 0) is 26.3 Å². The first-order valence-corrected chi connectivity index (χ1v) is 7.61. The molecule has 0 N–H and O–H groups in total. The minimum absolute atomic E-state index is 0.128. The second kappa shape index (κ2) is 5.40. The van der Waals surface area contributed by atoms with E-state index in [1.54, 1.807) is 0 Å².